The molecule has 0 aliphatic carbocycles. The third kappa shape index (κ3) is 5.39. The normalized spacial score (nSPS) is 13.3. The number of rotatable bonds is 5. The van der Waals surface area contributed by atoms with Gasteiger partial charge in [0.25, 0.3) is 0 Å². The van der Waals surface area contributed by atoms with Crippen molar-refractivity contribution in [2.75, 3.05) is 0 Å². The Bertz CT molecular complexity index is 666. The van der Waals surface area contributed by atoms with Crippen LogP contribution in [-0.4, -0.2) is 39.2 Å². The summed E-state index contributed by atoms with van der Waals surface area (Å²) in [6.45, 7) is 3.55. The number of aromatic amines is 1. The smallest absolute Gasteiger partial charge is 0.320 e. The minimum absolute atomic E-state index is 0.0208. The molecular formula is C16H23N3O4. The molecule has 0 aliphatic rings. The lowest BCUT2D eigenvalue weighted by Crippen LogP contribution is -2.34. The first-order valence-electron chi connectivity index (χ1n) is 7.25. The summed E-state index contributed by atoms with van der Waals surface area (Å²) in [5.41, 5.74) is 12.6. The van der Waals surface area contributed by atoms with E-state index in [4.69, 9.17) is 21.7 Å². The van der Waals surface area contributed by atoms with Crippen LogP contribution in [0.25, 0.3) is 10.9 Å². The van der Waals surface area contributed by atoms with E-state index in [0.717, 1.165) is 16.5 Å². The minimum atomic E-state index is -0.972. The first-order chi connectivity index (χ1) is 10.7. The number of benzene rings is 1. The molecule has 0 fully saturated rings. The molecule has 126 valence electrons. The number of para-hydroxylation sites is 1. The number of aliphatic carboxylic acids is 2. The maximum absolute atomic E-state index is 10.6. The van der Waals surface area contributed by atoms with E-state index in [-0.39, 0.29) is 5.92 Å². The highest BCUT2D eigenvalue weighted by Gasteiger charge is 2.15. The molecule has 2 rings (SSSR count). The second-order valence-corrected chi connectivity index (χ2v) is 5.62. The number of carboxylic acid groups (broad SMARTS) is 2. The number of nitrogens with one attached hydrogen (secondary N) is 1. The number of aromatic nitrogens is 1. The molecule has 0 spiro atoms. The van der Waals surface area contributed by atoms with E-state index in [1.165, 1.54) is 0 Å². The summed E-state index contributed by atoms with van der Waals surface area (Å²) in [4.78, 5) is 23.7. The Hall–Kier alpha value is -2.38. The van der Waals surface area contributed by atoms with Gasteiger partial charge >= 0.3 is 11.9 Å². The van der Waals surface area contributed by atoms with Crippen molar-refractivity contribution in [2.45, 2.75) is 32.4 Å². The van der Waals surface area contributed by atoms with Crippen LogP contribution in [0.4, 0.5) is 0 Å². The molecule has 7 heteroatoms. The molecule has 7 nitrogen and oxygen atoms in total. The van der Waals surface area contributed by atoms with Crippen molar-refractivity contribution in [2.24, 2.45) is 17.4 Å². The molecule has 1 heterocycles. The van der Waals surface area contributed by atoms with Crippen LogP contribution in [0.15, 0.2) is 30.5 Å². The first kappa shape index (κ1) is 18.7. The van der Waals surface area contributed by atoms with Crippen LogP contribution in [0.3, 0.4) is 0 Å². The fraction of sp³-hybridized carbons (Fsp3) is 0.375. The number of hydrogen-bond acceptors (Lipinski definition) is 4. The molecule has 0 bridgehead atoms. The van der Waals surface area contributed by atoms with Gasteiger partial charge in [-0.1, -0.05) is 32.0 Å². The van der Waals surface area contributed by atoms with Gasteiger partial charge in [-0.25, -0.2) is 0 Å². The van der Waals surface area contributed by atoms with E-state index in [1.807, 2.05) is 30.5 Å². The number of nitrogens with two attached hydrogens (primary N) is 2. The molecule has 1 aromatic heterocycles. The Morgan fingerprint density at radius 1 is 1.13 bits per heavy atom. The Morgan fingerprint density at radius 3 is 2.22 bits per heavy atom. The van der Waals surface area contributed by atoms with Crippen molar-refractivity contribution in [3.05, 3.63) is 36.0 Å². The minimum Gasteiger partial charge on any atom is -0.480 e. The highest BCUT2D eigenvalue weighted by atomic mass is 16.4. The predicted octanol–water partition coefficient (Wildman–Crippen LogP) is 1.18. The molecule has 2 aromatic rings. The molecule has 7 N–H and O–H groups in total. The average Bonchev–Trinajstić information content (AvgIpc) is 2.90. The van der Waals surface area contributed by atoms with E-state index >= 15 is 0 Å². The fourth-order valence-electron chi connectivity index (χ4n) is 1.91. The zero-order chi connectivity index (χ0) is 17.6. The van der Waals surface area contributed by atoms with Crippen molar-refractivity contribution in [3.63, 3.8) is 0 Å². The Balaban J connectivity index is 0.000000284. The van der Waals surface area contributed by atoms with Crippen LogP contribution >= 0.6 is 0 Å². The van der Waals surface area contributed by atoms with Gasteiger partial charge in [-0.15, -0.1) is 0 Å². The predicted molar refractivity (Wildman–Crippen MR) is 88.1 cm³/mol. The zero-order valence-electron chi connectivity index (χ0n) is 13.2. The number of fused-ring (bicyclic) bond motifs is 1. The number of carboxylic acids is 2. The van der Waals surface area contributed by atoms with Gasteiger partial charge in [-0.2, -0.15) is 0 Å². The van der Waals surface area contributed by atoms with E-state index in [2.05, 4.69) is 4.98 Å². The van der Waals surface area contributed by atoms with Crippen LogP contribution in [0.5, 0.6) is 0 Å². The lowest BCUT2D eigenvalue weighted by atomic mass is 10.1. The molecule has 0 saturated heterocycles. The average molecular weight is 321 g/mol. The maximum Gasteiger partial charge on any atom is 0.320 e. The third-order valence-corrected chi connectivity index (χ3v) is 3.44. The third-order valence-electron chi connectivity index (χ3n) is 3.44. The van der Waals surface area contributed by atoms with E-state index in [0.29, 0.717) is 6.42 Å². The van der Waals surface area contributed by atoms with Gasteiger partial charge in [0.05, 0.1) is 0 Å². The molecule has 0 amide bonds. The van der Waals surface area contributed by atoms with Gasteiger partial charge in [0, 0.05) is 23.5 Å². The van der Waals surface area contributed by atoms with Crippen molar-refractivity contribution in [1.82, 2.24) is 4.98 Å². The Morgan fingerprint density at radius 2 is 1.74 bits per heavy atom. The fourth-order valence-corrected chi connectivity index (χ4v) is 1.91. The summed E-state index contributed by atoms with van der Waals surface area (Å²) in [5, 5.41) is 18.0. The lowest BCUT2D eigenvalue weighted by molar-refractivity contribution is -0.140. The second-order valence-electron chi connectivity index (χ2n) is 5.62. The van der Waals surface area contributed by atoms with Gasteiger partial charge in [0.15, 0.2) is 0 Å². The highest BCUT2D eigenvalue weighted by Crippen LogP contribution is 2.18. The molecule has 0 radical (unpaired) electrons. The Labute approximate surface area is 134 Å². The number of H-pyrrole nitrogens is 1. The first-order valence-corrected chi connectivity index (χ1v) is 7.25. The summed E-state index contributed by atoms with van der Waals surface area (Å²) in [5.74, 6) is -1.88. The molecular weight excluding hydrogens is 298 g/mol. The molecule has 0 saturated carbocycles. The molecule has 23 heavy (non-hydrogen) atoms. The quantitative estimate of drug-likeness (QED) is 0.559. The van der Waals surface area contributed by atoms with Gasteiger partial charge in [-0.3, -0.25) is 9.59 Å². The van der Waals surface area contributed by atoms with E-state index < -0.39 is 24.0 Å². The standard InChI is InChI=1S/C11H12N2O2.C5H11NO2/c12-9(11(14)15)5-7-6-13-10-4-2-1-3-8(7)10;1-3(2)4(6)5(7)8/h1-4,6,9,13H,5,12H2,(H,14,15);3-4H,6H2,1-2H3,(H,7,8). The lowest BCUT2D eigenvalue weighted by Gasteiger charge is -2.07. The summed E-state index contributed by atoms with van der Waals surface area (Å²) in [6.07, 6.45) is 2.16. The van der Waals surface area contributed by atoms with Crippen LogP contribution in [-0.2, 0) is 16.0 Å². The van der Waals surface area contributed by atoms with Crippen molar-refractivity contribution >= 4 is 22.8 Å². The molecule has 1 aromatic carbocycles. The van der Waals surface area contributed by atoms with Crippen LogP contribution in [0.1, 0.15) is 19.4 Å². The zero-order valence-corrected chi connectivity index (χ0v) is 13.2. The highest BCUT2D eigenvalue weighted by molar-refractivity contribution is 5.84. The van der Waals surface area contributed by atoms with Crippen LogP contribution < -0.4 is 11.5 Å². The monoisotopic (exact) mass is 321 g/mol. The van der Waals surface area contributed by atoms with Crippen molar-refractivity contribution in [1.29, 1.82) is 0 Å². The SMILES string of the molecule is CC(C)C(N)C(=O)O.NC(Cc1c[nH]c2ccccc12)C(=O)O. The Kier molecular flexibility index (Phi) is 6.74. The topological polar surface area (TPSA) is 142 Å². The molecule has 2 unspecified atom stereocenters. The molecule has 2 atom stereocenters. The van der Waals surface area contributed by atoms with Crippen molar-refractivity contribution in [3.8, 4) is 0 Å². The van der Waals surface area contributed by atoms with Crippen LogP contribution in [0, 0.1) is 5.92 Å². The summed E-state index contributed by atoms with van der Waals surface area (Å²) in [6, 6.07) is 6.20. The van der Waals surface area contributed by atoms with Gasteiger partial charge in [0.2, 0.25) is 0 Å². The van der Waals surface area contributed by atoms with E-state index in [9.17, 15) is 9.59 Å². The van der Waals surface area contributed by atoms with Gasteiger partial charge in [0.1, 0.15) is 12.1 Å². The van der Waals surface area contributed by atoms with E-state index in [1.54, 1.807) is 13.8 Å². The summed E-state index contributed by atoms with van der Waals surface area (Å²) in [7, 11) is 0. The van der Waals surface area contributed by atoms with Crippen LogP contribution in [0.2, 0.25) is 0 Å². The number of hydrogen-bond donors (Lipinski definition) is 5. The molecule has 0 aliphatic heterocycles. The van der Waals surface area contributed by atoms with Crippen molar-refractivity contribution < 1.29 is 19.8 Å². The van der Waals surface area contributed by atoms with Gasteiger partial charge in [-0.05, 0) is 17.5 Å². The largest absolute Gasteiger partial charge is 0.480 e. The summed E-state index contributed by atoms with van der Waals surface area (Å²) < 4.78 is 0. The second kappa shape index (κ2) is 8.30. The maximum atomic E-state index is 10.6. The number of carbonyl (C=O) groups is 2. The van der Waals surface area contributed by atoms with Gasteiger partial charge < -0.3 is 26.7 Å². The summed E-state index contributed by atoms with van der Waals surface area (Å²) >= 11 is 0.